The summed E-state index contributed by atoms with van der Waals surface area (Å²) in [6.45, 7) is 0. The van der Waals surface area contributed by atoms with Gasteiger partial charge in [0.05, 0.1) is 5.56 Å². The molecule has 0 saturated carbocycles. The van der Waals surface area contributed by atoms with Gasteiger partial charge in [0.15, 0.2) is 5.65 Å². The lowest BCUT2D eigenvalue weighted by atomic mass is 10.0. The lowest BCUT2D eigenvalue weighted by Crippen LogP contribution is -2.04. The van der Waals surface area contributed by atoms with Crippen molar-refractivity contribution in [1.82, 2.24) is 8.96 Å². The molecule has 0 spiro atoms. The second-order valence-electron chi connectivity index (χ2n) is 4.54. The number of fused-ring (bicyclic) bond motifs is 1. The Morgan fingerprint density at radius 3 is 2.68 bits per heavy atom. The van der Waals surface area contributed by atoms with E-state index in [0.717, 1.165) is 33.2 Å². The zero-order valence-corrected chi connectivity index (χ0v) is 15.3. The first kappa shape index (κ1) is 16.1. The molecule has 114 valence electrons. The summed E-state index contributed by atoms with van der Waals surface area (Å²) in [6.07, 6.45) is -0.885. The Morgan fingerprint density at radius 2 is 2.00 bits per heavy atom. The van der Waals surface area contributed by atoms with Crippen LogP contribution in [-0.4, -0.2) is 8.96 Å². The minimum atomic E-state index is -4.36. The molecule has 0 bridgehead atoms. The van der Waals surface area contributed by atoms with E-state index in [9.17, 15) is 13.2 Å². The summed E-state index contributed by atoms with van der Waals surface area (Å²) < 4.78 is 41.3. The molecule has 0 aliphatic rings. The van der Waals surface area contributed by atoms with Crippen molar-refractivity contribution in [2.75, 3.05) is 0 Å². The van der Waals surface area contributed by atoms with Gasteiger partial charge < -0.3 is 0 Å². The molecule has 22 heavy (non-hydrogen) atoms. The van der Waals surface area contributed by atoms with E-state index in [1.807, 2.05) is 10.0 Å². The Hall–Kier alpha value is -0.740. The van der Waals surface area contributed by atoms with Gasteiger partial charge in [-0.2, -0.15) is 13.2 Å². The van der Waals surface area contributed by atoms with Crippen molar-refractivity contribution >= 4 is 57.3 Å². The number of hydrogen-bond donors (Lipinski definition) is 0. The molecular formula is C14H7BrF3IN2S. The van der Waals surface area contributed by atoms with E-state index in [-0.39, 0.29) is 0 Å². The van der Waals surface area contributed by atoms with Crippen LogP contribution in [0, 0.1) is 0 Å². The van der Waals surface area contributed by atoms with Crippen molar-refractivity contribution < 1.29 is 13.2 Å². The lowest BCUT2D eigenvalue weighted by molar-refractivity contribution is -0.137. The predicted octanol–water partition coefficient (Wildman–Crippen LogP) is 6.33. The van der Waals surface area contributed by atoms with Crippen LogP contribution in [0.2, 0.25) is 0 Å². The van der Waals surface area contributed by atoms with Crippen LogP contribution in [-0.2, 0) is 6.18 Å². The van der Waals surface area contributed by atoms with Gasteiger partial charge in [-0.05, 0) is 39.7 Å². The van der Waals surface area contributed by atoms with Crippen LogP contribution in [0.15, 0.2) is 47.2 Å². The molecule has 3 rings (SSSR count). The maximum atomic E-state index is 12.9. The fourth-order valence-corrected chi connectivity index (χ4v) is 3.79. The Balaban J connectivity index is 2.24. The second-order valence-corrected chi connectivity index (χ2v) is 7.17. The molecule has 0 aliphatic heterocycles. The first-order valence-electron chi connectivity index (χ1n) is 6.03. The standard InChI is InChI=1S/C14H7BrF3IN2S/c15-10-5-11-12(7-21(22-19)13(11)20-6-10)8-2-1-3-9(4-8)14(16,17)18/h1-7H. The summed E-state index contributed by atoms with van der Waals surface area (Å²) in [5, 5.41) is 0.804. The first-order valence-corrected chi connectivity index (χ1v) is 10.1. The maximum absolute atomic E-state index is 12.9. The van der Waals surface area contributed by atoms with Crippen LogP contribution in [0.4, 0.5) is 13.2 Å². The smallest absolute Gasteiger partial charge is 0.265 e. The van der Waals surface area contributed by atoms with E-state index in [4.69, 9.17) is 0 Å². The monoisotopic (exact) mass is 498 g/mol. The van der Waals surface area contributed by atoms with Crippen molar-refractivity contribution in [1.29, 1.82) is 0 Å². The highest BCUT2D eigenvalue weighted by molar-refractivity contribution is 14.2. The highest BCUT2D eigenvalue weighted by Gasteiger charge is 2.30. The molecule has 0 atom stereocenters. The minimum absolute atomic E-state index is 0.518. The zero-order chi connectivity index (χ0) is 15.9. The summed E-state index contributed by atoms with van der Waals surface area (Å²) in [5.41, 5.74) is 1.30. The molecule has 0 unspecified atom stereocenters. The minimum Gasteiger partial charge on any atom is -0.265 e. The lowest BCUT2D eigenvalue weighted by Gasteiger charge is -2.08. The quantitative estimate of drug-likeness (QED) is 0.384. The predicted molar refractivity (Wildman–Crippen MR) is 94.9 cm³/mol. The molecule has 0 aliphatic carbocycles. The summed E-state index contributed by atoms with van der Waals surface area (Å²) in [7, 11) is 1.42. The number of nitrogens with zero attached hydrogens (tertiary/aromatic N) is 2. The Morgan fingerprint density at radius 1 is 1.23 bits per heavy atom. The average Bonchev–Trinajstić information content (AvgIpc) is 2.84. The van der Waals surface area contributed by atoms with Crippen molar-refractivity contribution in [3.8, 4) is 11.1 Å². The van der Waals surface area contributed by atoms with Crippen LogP contribution in [0.3, 0.4) is 0 Å². The molecule has 2 heterocycles. The SMILES string of the molecule is FC(F)(F)c1cccc(-c2cn(SI)c3ncc(Br)cc23)c1. The van der Waals surface area contributed by atoms with E-state index >= 15 is 0 Å². The van der Waals surface area contributed by atoms with Gasteiger partial charge in [-0.15, -0.1) is 0 Å². The second kappa shape index (κ2) is 6.04. The number of aromatic nitrogens is 2. The molecule has 0 radical (unpaired) electrons. The van der Waals surface area contributed by atoms with E-state index in [2.05, 4.69) is 42.1 Å². The fraction of sp³-hybridized carbons (Fsp3) is 0.0714. The first-order chi connectivity index (χ1) is 10.4. The summed E-state index contributed by atoms with van der Waals surface area (Å²) in [6, 6.07) is 7.19. The number of rotatable bonds is 2. The van der Waals surface area contributed by atoms with Crippen molar-refractivity contribution in [2.24, 2.45) is 0 Å². The number of alkyl halides is 3. The average molecular weight is 499 g/mol. The largest absolute Gasteiger partial charge is 0.416 e. The molecule has 0 N–H and O–H groups in total. The van der Waals surface area contributed by atoms with Crippen LogP contribution in [0.1, 0.15) is 5.56 Å². The zero-order valence-electron chi connectivity index (χ0n) is 10.7. The van der Waals surface area contributed by atoms with Crippen LogP contribution in [0.5, 0.6) is 0 Å². The summed E-state index contributed by atoms with van der Waals surface area (Å²) in [4.78, 5) is 4.34. The third-order valence-corrected chi connectivity index (χ3v) is 5.29. The van der Waals surface area contributed by atoms with Crippen LogP contribution in [0.25, 0.3) is 22.2 Å². The molecule has 8 heteroatoms. The summed E-state index contributed by atoms with van der Waals surface area (Å²) >= 11 is 5.47. The van der Waals surface area contributed by atoms with Gasteiger partial charge in [-0.3, -0.25) is 3.97 Å². The Bertz CT molecular complexity index is 848. The van der Waals surface area contributed by atoms with E-state index < -0.39 is 11.7 Å². The highest BCUT2D eigenvalue weighted by atomic mass is 127. The van der Waals surface area contributed by atoms with E-state index in [1.165, 1.54) is 15.2 Å². The van der Waals surface area contributed by atoms with Gasteiger partial charge in [0, 0.05) is 58.1 Å². The third kappa shape index (κ3) is 3.00. The van der Waals surface area contributed by atoms with Gasteiger partial charge >= 0.3 is 6.18 Å². The molecule has 1 aromatic carbocycles. The van der Waals surface area contributed by atoms with Gasteiger partial charge in [0.1, 0.15) is 0 Å². The summed E-state index contributed by atoms with van der Waals surface area (Å²) in [5.74, 6) is 0. The molecule has 0 amide bonds. The highest BCUT2D eigenvalue weighted by Crippen LogP contribution is 2.37. The molecule has 2 nitrogen and oxygen atoms in total. The Kier molecular flexibility index (Phi) is 4.43. The normalized spacial score (nSPS) is 12.0. The number of pyridine rings is 1. The third-order valence-electron chi connectivity index (χ3n) is 3.15. The topological polar surface area (TPSA) is 17.8 Å². The van der Waals surface area contributed by atoms with Gasteiger partial charge in [-0.25, -0.2) is 4.98 Å². The van der Waals surface area contributed by atoms with Gasteiger partial charge in [0.25, 0.3) is 0 Å². The number of halogens is 5. The van der Waals surface area contributed by atoms with Crippen molar-refractivity contribution in [2.45, 2.75) is 6.18 Å². The van der Waals surface area contributed by atoms with E-state index in [0.29, 0.717) is 5.56 Å². The van der Waals surface area contributed by atoms with Gasteiger partial charge in [0.2, 0.25) is 0 Å². The van der Waals surface area contributed by atoms with Gasteiger partial charge in [-0.1, -0.05) is 12.1 Å². The van der Waals surface area contributed by atoms with Crippen LogP contribution >= 0.6 is 46.3 Å². The molecule has 3 aromatic rings. The van der Waals surface area contributed by atoms with Crippen molar-refractivity contribution in [3.05, 3.63) is 52.8 Å². The Labute approximate surface area is 149 Å². The molecule has 0 fully saturated rings. The molecular weight excluding hydrogens is 492 g/mol. The molecule has 0 saturated heterocycles. The fourth-order valence-electron chi connectivity index (χ4n) is 2.20. The maximum Gasteiger partial charge on any atom is 0.416 e. The number of benzene rings is 1. The number of hydrogen-bond acceptors (Lipinski definition) is 2. The van der Waals surface area contributed by atoms with Crippen molar-refractivity contribution in [3.63, 3.8) is 0 Å². The van der Waals surface area contributed by atoms with E-state index in [1.54, 1.807) is 18.5 Å². The molecule has 2 aromatic heterocycles. The van der Waals surface area contributed by atoms with Crippen LogP contribution < -0.4 is 0 Å².